The molecule has 1 fully saturated rings. The van der Waals surface area contributed by atoms with E-state index in [0.29, 0.717) is 28.2 Å². The van der Waals surface area contributed by atoms with Crippen molar-refractivity contribution in [1.82, 2.24) is 5.32 Å². The minimum atomic E-state index is -0.252. The zero-order valence-corrected chi connectivity index (χ0v) is 16.3. The summed E-state index contributed by atoms with van der Waals surface area (Å²) in [6.45, 7) is 1.61. The van der Waals surface area contributed by atoms with E-state index in [2.05, 4.69) is 5.32 Å². The first-order chi connectivity index (χ1) is 14.1. The van der Waals surface area contributed by atoms with Crippen molar-refractivity contribution in [3.63, 3.8) is 0 Å². The van der Waals surface area contributed by atoms with Gasteiger partial charge < -0.3 is 19.2 Å². The number of ether oxygens (including phenoxy) is 2. The molecule has 0 aliphatic heterocycles. The average Bonchev–Trinajstić information content (AvgIpc) is 3.23. The topological polar surface area (TPSA) is 77.8 Å². The molecule has 2 aromatic carbocycles. The Balaban J connectivity index is 1.50. The van der Waals surface area contributed by atoms with Crippen molar-refractivity contribution in [1.29, 1.82) is 0 Å². The monoisotopic (exact) mass is 393 g/mol. The van der Waals surface area contributed by atoms with Crippen molar-refractivity contribution in [2.45, 2.75) is 38.6 Å². The number of benzene rings is 2. The van der Waals surface area contributed by atoms with E-state index in [4.69, 9.17) is 13.9 Å². The third kappa shape index (κ3) is 4.42. The van der Waals surface area contributed by atoms with E-state index in [1.165, 1.54) is 0 Å². The number of nitrogens with one attached hydrogen (secondary N) is 1. The first-order valence-corrected chi connectivity index (χ1v) is 9.82. The fourth-order valence-electron chi connectivity index (χ4n) is 3.57. The number of fused-ring (bicyclic) bond motifs is 1. The van der Waals surface area contributed by atoms with Gasteiger partial charge in [-0.05, 0) is 44.0 Å². The molecule has 1 aliphatic rings. The van der Waals surface area contributed by atoms with Crippen LogP contribution in [0.2, 0.25) is 0 Å². The molecule has 1 aliphatic carbocycles. The number of para-hydroxylation sites is 1. The lowest BCUT2D eigenvalue weighted by atomic mass is 10.2. The quantitative estimate of drug-likeness (QED) is 0.674. The summed E-state index contributed by atoms with van der Waals surface area (Å²) in [5, 5.41) is 3.37. The summed E-state index contributed by atoms with van der Waals surface area (Å²) < 4.78 is 17.1. The summed E-state index contributed by atoms with van der Waals surface area (Å²) in [6, 6.07) is 14.3. The van der Waals surface area contributed by atoms with Crippen LogP contribution in [0, 0.1) is 6.92 Å². The predicted molar refractivity (Wildman–Crippen MR) is 110 cm³/mol. The number of carbonyl (C=O) groups is 1. The highest BCUT2D eigenvalue weighted by atomic mass is 16.5. The first kappa shape index (κ1) is 19.1. The van der Waals surface area contributed by atoms with Gasteiger partial charge in [-0.3, -0.25) is 9.59 Å². The minimum Gasteiger partial charge on any atom is -0.484 e. The van der Waals surface area contributed by atoms with E-state index in [1.807, 2.05) is 18.2 Å². The number of aryl methyl sites for hydroxylation is 1. The molecule has 0 spiro atoms. The van der Waals surface area contributed by atoms with Crippen LogP contribution in [0.5, 0.6) is 17.2 Å². The summed E-state index contributed by atoms with van der Waals surface area (Å²) in [4.78, 5) is 24.9. The number of carbonyl (C=O) groups excluding carboxylic acids is 1. The van der Waals surface area contributed by atoms with Gasteiger partial charge in [0, 0.05) is 12.1 Å². The van der Waals surface area contributed by atoms with Crippen LogP contribution in [-0.2, 0) is 4.79 Å². The van der Waals surface area contributed by atoms with E-state index >= 15 is 0 Å². The van der Waals surface area contributed by atoms with Crippen LogP contribution in [0.1, 0.15) is 31.4 Å². The maximum atomic E-state index is 12.8. The van der Waals surface area contributed by atoms with Crippen molar-refractivity contribution >= 4 is 16.9 Å². The molecule has 6 heteroatoms. The molecule has 0 radical (unpaired) electrons. The fraction of sp³-hybridized carbons (Fsp3) is 0.304. The molecule has 0 atom stereocenters. The molecule has 3 aromatic rings. The molecule has 1 amide bonds. The second kappa shape index (κ2) is 8.39. The van der Waals surface area contributed by atoms with Crippen LogP contribution in [0.15, 0.2) is 57.7 Å². The van der Waals surface area contributed by atoms with E-state index in [1.54, 1.807) is 37.3 Å². The Bertz CT molecular complexity index is 1070. The Morgan fingerprint density at radius 2 is 1.86 bits per heavy atom. The van der Waals surface area contributed by atoms with Crippen molar-refractivity contribution < 1.29 is 18.7 Å². The lowest BCUT2D eigenvalue weighted by Crippen LogP contribution is -2.36. The van der Waals surface area contributed by atoms with Gasteiger partial charge >= 0.3 is 0 Å². The minimum absolute atomic E-state index is 0.0690. The smallest absolute Gasteiger partial charge is 0.258 e. The predicted octanol–water partition coefficient (Wildman–Crippen LogP) is 4.33. The van der Waals surface area contributed by atoms with Gasteiger partial charge in [0.2, 0.25) is 11.2 Å². The Labute approximate surface area is 168 Å². The zero-order valence-electron chi connectivity index (χ0n) is 16.3. The highest BCUT2D eigenvalue weighted by Crippen LogP contribution is 2.27. The molecule has 29 heavy (non-hydrogen) atoms. The SMILES string of the molecule is Cc1oc2cc(OCC(=O)NC3CCCC3)ccc2c(=O)c1Oc1ccccc1. The standard InChI is InChI=1S/C23H23NO5/c1-15-23(29-17-9-3-2-4-10-17)22(26)19-12-11-18(13-20(19)28-15)27-14-21(25)24-16-7-5-6-8-16/h2-4,9-13,16H,5-8,14H2,1H3,(H,24,25). The van der Waals surface area contributed by atoms with Crippen molar-refractivity contribution in [2.75, 3.05) is 6.61 Å². The molecule has 0 bridgehead atoms. The molecule has 0 saturated heterocycles. The Kier molecular flexibility index (Phi) is 5.51. The van der Waals surface area contributed by atoms with Crippen LogP contribution < -0.4 is 20.2 Å². The lowest BCUT2D eigenvalue weighted by Gasteiger charge is -2.13. The van der Waals surface area contributed by atoms with Crippen molar-refractivity contribution in [2.24, 2.45) is 0 Å². The molecule has 1 N–H and O–H groups in total. The largest absolute Gasteiger partial charge is 0.484 e. The van der Waals surface area contributed by atoms with E-state index in [-0.39, 0.29) is 29.7 Å². The summed E-state index contributed by atoms with van der Waals surface area (Å²) in [7, 11) is 0. The normalized spacial score (nSPS) is 14.1. The Morgan fingerprint density at radius 1 is 1.10 bits per heavy atom. The van der Waals surface area contributed by atoms with Gasteiger partial charge in [-0.2, -0.15) is 0 Å². The molecular formula is C23H23NO5. The molecule has 4 rings (SSSR count). The van der Waals surface area contributed by atoms with Crippen LogP contribution in [0.3, 0.4) is 0 Å². The molecule has 1 heterocycles. The lowest BCUT2D eigenvalue weighted by molar-refractivity contribution is -0.123. The van der Waals surface area contributed by atoms with Crippen molar-refractivity contribution in [3.05, 3.63) is 64.5 Å². The Morgan fingerprint density at radius 3 is 2.62 bits per heavy atom. The number of rotatable bonds is 6. The van der Waals surface area contributed by atoms with Gasteiger partial charge in [-0.25, -0.2) is 0 Å². The number of hydrogen-bond donors (Lipinski definition) is 1. The number of hydrogen-bond acceptors (Lipinski definition) is 5. The second-order valence-corrected chi connectivity index (χ2v) is 7.23. The van der Waals surface area contributed by atoms with Gasteiger partial charge in [0.05, 0.1) is 5.39 Å². The van der Waals surface area contributed by atoms with Crippen LogP contribution in [0.4, 0.5) is 0 Å². The Hall–Kier alpha value is -3.28. The van der Waals surface area contributed by atoms with Gasteiger partial charge in [0.25, 0.3) is 5.91 Å². The van der Waals surface area contributed by atoms with Crippen molar-refractivity contribution in [3.8, 4) is 17.2 Å². The summed E-state index contributed by atoms with van der Waals surface area (Å²) in [5.41, 5.74) is 0.139. The third-order valence-corrected chi connectivity index (χ3v) is 5.04. The van der Waals surface area contributed by atoms with E-state index < -0.39 is 0 Å². The number of amides is 1. The highest BCUT2D eigenvalue weighted by molar-refractivity contribution is 5.80. The molecule has 1 aromatic heterocycles. The van der Waals surface area contributed by atoms with Crippen LogP contribution in [0.25, 0.3) is 11.0 Å². The summed E-state index contributed by atoms with van der Waals surface area (Å²) in [5.74, 6) is 1.44. The molecule has 0 unspecified atom stereocenters. The maximum Gasteiger partial charge on any atom is 0.258 e. The molecule has 1 saturated carbocycles. The van der Waals surface area contributed by atoms with E-state index in [9.17, 15) is 9.59 Å². The van der Waals surface area contributed by atoms with Gasteiger partial charge in [-0.15, -0.1) is 0 Å². The summed E-state index contributed by atoms with van der Waals surface area (Å²) >= 11 is 0. The van der Waals surface area contributed by atoms with Gasteiger partial charge in [0.15, 0.2) is 6.61 Å². The summed E-state index contributed by atoms with van der Waals surface area (Å²) in [6.07, 6.45) is 4.37. The fourth-order valence-corrected chi connectivity index (χ4v) is 3.57. The van der Waals surface area contributed by atoms with Crippen LogP contribution >= 0.6 is 0 Å². The first-order valence-electron chi connectivity index (χ1n) is 9.82. The van der Waals surface area contributed by atoms with Crippen LogP contribution in [-0.4, -0.2) is 18.6 Å². The second-order valence-electron chi connectivity index (χ2n) is 7.23. The van der Waals surface area contributed by atoms with Gasteiger partial charge in [-0.1, -0.05) is 31.0 Å². The molecule has 150 valence electrons. The zero-order chi connectivity index (χ0) is 20.2. The average molecular weight is 393 g/mol. The highest BCUT2D eigenvalue weighted by Gasteiger charge is 2.18. The molecule has 6 nitrogen and oxygen atoms in total. The maximum absolute atomic E-state index is 12.8. The van der Waals surface area contributed by atoms with E-state index in [0.717, 1.165) is 25.7 Å². The molecular weight excluding hydrogens is 370 g/mol. The van der Waals surface area contributed by atoms with Gasteiger partial charge in [0.1, 0.15) is 22.8 Å². The third-order valence-electron chi connectivity index (χ3n) is 5.04.